The number of hydrogen-bond acceptors (Lipinski definition) is 1. The largest absolute Gasteiger partial charge is 0.260 e. The molecular weight excluding hydrogens is 302 g/mol. The van der Waals surface area contributed by atoms with Gasteiger partial charge < -0.3 is 0 Å². The van der Waals surface area contributed by atoms with Crippen molar-refractivity contribution in [3.8, 4) is 0 Å². The van der Waals surface area contributed by atoms with E-state index in [2.05, 4.69) is 78.1 Å². The van der Waals surface area contributed by atoms with Gasteiger partial charge in [0.25, 0.3) is 0 Å². The molecule has 0 aromatic rings. The molecule has 0 N–H and O–H groups in total. The molecule has 1 unspecified atom stereocenters. The predicted octanol–water partition coefficient (Wildman–Crippen LogP) is 7.92. The smallest absolute Gasteiger partial charge is 0.0664 e. The van der Waals surface area contributed by atoms with Gasteiger partial charge in [-0.3, -0.25) is 4.99 Å². The molecule has 2 rings (SSSR count). The van der Waals surface area contributed by atoms with Gasteiger partial charge in [0, 0.05) is 11.6 Å². The van der Waals surface area contributed by atoms with E-state index < -0.39 is 0 Å². The van der Waals surface area contributed by atoms with Crippen LogP contribution in [0.15, 0.2) is 52.2 Å². The molecule has 0 radical (unpaired) electrons. The van der Waals surface area contributed by atoms with Gasteiger partial charge in [0.05, 0.1) is 5.70 Å². The Labute approximate surface area is 157 Å². The van der Waals surface area contributed by atoms with Crippen LogP contribution in [0.5, 0.6) is 0 Å². The minimum Gasteiger partial charge on any atom is -0.260 e. The summed E-state index contributed by atoms with van der Waals surface area (Å²) in [5, 5.41) is 0. The minimum absolute atomic E-state index is 0.0238. The molecule has 0 saturated heterocycles. The van der Waals surface area contributed by atoms with Crippen molar-refractivity contribution in [2.75, 3.05) is 0 Å². The number of fused-ring (bicyclic) bond motifs is 1. The second-order valence-corrected chi connectivity index (χ2v) is 7.65. The molecule has 0 aromatic heterocycles. The van der Waals surface area contributed by atoms with Crippen LogP contribution in [0.2, 0.25) is 0 Å². The SMILES string of the molecule is CC.CC.CCC1(C)/C=C2/N=CC(C)(C)C=C/C2=C/C=C(C(C)C)C1. The molecule has 0 saturated carbocycles. The molecule has 25 heavy (non-hydrogen) atoms. The van der Waals surface area contributed by atoms with E-state index in [0.29, 0.717) is 5.92 Å². The normalized spacial score (nSPS) is 28.2. The van der Waals surface area contributed by atoms with Crippen LogP contribution in [0.4, 0.5) is 0 Å². The van der Waals surface area contributed by atoms with Crippen molar-refractivity contribution in [1.29, 1.82) is 0 Å². The third kappa shape index (κ3) is 7.18. The quantitative estimate of drug-likeness (QED) is 0.483. The van der Waals surface area contributed by atoms with Crippen LogP contribution in [-0.4, -0.2) is 6.21 Å². The summed E-state index contributed by atoms with van der Waals surface area (Å²) in [5.74, 6) is 0.595. The first-order chi connectivity index (χ1) is 11.7. The molecule has 0 aromatic carbocycles. The van der Waals surface area contributed by atoms with Crippen molar-refractivity contribution in [2.45, 2.75) is 82.1 Å². The van der Waals surface area contributed by atoms with Crippen molar-refractivity contribution < 1.29 is 0 Å². The van der Waals surface area contributed by atoms with E-state index in [-0.39, 0.29) is 10.8 Å². The summed E-state index contributed by atoms with van der Waals surface area (Å²) >= 11 is 0. The highest BCUT2D eigenvalue weighted by molar-refractivity contribution is 5.72. The monoisotopic (exact) mass is 343 g/mol. The average Bonchev–Trinajstić information content (AvgIpc) is 2.72. The van der Waals surface area contributed by atoms with E-state index in [1.165, 1.54) is 11.1 Å². The summed E-state index contributed by atoms with van der Waals surface area (Å²) < 4.78 is 0. The van der Waals surface area contributed by atoms with Gasteiger partial charge in [0.15, 0.2) is 0 Å². The molecule has 1 aliphatic heterocycles. The summed E-state index contributed by atoms with van der Waals surface area (Å²) in [7, 11) is 0. The molecule has 1 nitrogen and oxygen atoms in total. The van der Waals surface area contributed by atoms with Crippen LogP contribution in [0.1, 0.15) is 82.1 Å². The maximum absolute atomic E-state index is 4.79. The highest BCUT2D eigenvalue weighted by Crippen LogP contribution is 2.38. The Hall–Kier alpha value is -1.37. The molecule has 1 heterocycles. The molecular formula is C24H41N. The van der Waals surface area contributed by atoms with Crippen molar-refractivity contribution >= 4 is 6.21 Å². The lowest BCUT2D eigenvalue weighted by molar-refractivity contribution is 0.390. The second kappa shape index (κ2) is 10.6. The molecule has 0 amide bonds. The Kier molecular flexibility index (Phi) is 10.0. The van der Waals surface area contributed by atoms with Gasteiger partial charge in [0.2, 0.25) is 0 Å². The highest BCUT2D eigenvalue weighted by atomic mass is 14.8. The average molecular weight is 344 g/mol. The fourth-order valence-corrected chi connectivity index (χ4v) is 2.73. The van der Waals surface area contributed by atoms with Crippen molar-refractivity contribution in [2.24, 2.45) is 21.7 Å². The van der Waals surface area contributed by atoms with Crippen LogP contribution in [0, 0.1) is 16.7 Å². The molecule has 1 aliphatic carbocycles. The van der Waals surface area contributed by atoms with Crippen molar-refractivity contribution in [3.05, 3.63) is 47.2 Å². The molecule has 142 valence electrons. The van der Waals surface area contributed by atoms with E-state index in [1.54, 1.807) is 0 Å². The lowest BCUT2D eigenvalue weighted by Gasteiger charge is -2.29. The Morgan fingerprint density at radius 2 is 1.64 bits per heavy atom. The fraction of sp³-hybridized carbons (Fsp3) is 0.625. The Morgan fingerprint density at radius 3 is 2.16 bits per heavy atom. The molecule has 0 fully saturated rings. The highest BCUT2D eigenvalue weighted by Gasteiger charge is 2.26. The molecule has 1 heteroatoms. The van der Waals surface area contributed by atoms with Gasteiger partial charge in [-0.05, 0) is 29.7 Å². The predicted molar refractivity (Wildman–Crippen MR) is 116 cm³/mol. The number of allylic oxidation sites excluding steroid dienone is 6. The number of rotatable bonds is 2. The van der Waals surface area contributed by atoms with E-state index >= 15 is 0 Å². The first-order valence-corrected chi connectivity index (χ1v) is 10.1. The van der Waals surface area contributed by atoms with Crippen LogP contribution < -0.4 is 0 Å². The lowest BCUT2D eigenvalue weighted by atomic mass is 9.76. The second-order valence-electron chi connectivity index (χ2n) is 7.65. The zero-order chi connectivity index (χ0) is 19.7. The number of aliphatic imine (C=N–C) groups is 1. The Bertz CT molecular complexity index is 553. The van der Waals surface area contributed by atoms with Crippen LogP contribution in [-0.2, 0) is 0 Å². The van der Waals surface area contributed by atoms with Crippen LogP contribution in [0.25, 0.3) is 0 Å². The van der Waals surface area contributed by atoms with E-state index in [1.807, 2.05) is 27.7 Å². The first kappa shape index (κ1) is 23.6. The standard InChI is InChI=1S/C20H29N.2C2H6/c1-7-20(6)12-17(15(2)3)9-8-16-10-11-19(4,5)14-21-18(16)13-20;2*1-2/h8-11,13-15H,7,12H2,1-6H3;2*1-2H3/b16-8-,17-9?,18-13+;;. The number of nitrogens with zero attached hydrogens (tertiary/aromatic N) is 1. The summed E-state index contributed by atoms with van der Waals surface area (Å²) in [6.45, 7) is 21.6. The van der Waals surface area contributed by atoms with E-state index in [9.17, 15) is 0 Å². The van der Waals surface area contributed by atoms with Gasteiger partial charge in [-0.25, -0.2) is 0 Å². The van der Waals surface area contributed by atoms with Gasteiger partial charge in [0.1, 0.15) is 0 Å². The van der Waals surface area contributed by atoms with Crippen LogP contribution >= 0.6 is 0 Å². The zero-order valence-electron chi connectivity index (χ0n) is 18.4. The van der Waals surface area contributed by atoms with Gasteiger partial charge in [-0.15, -0.1) is 0 Å². The summed E-state index contributed by atoms with van der Waals surface area (Å²) in [6, 6.07) is 0. The molecule has 0 spiro atoms. The topological polar surface area (TPSA) is 12.4 Å². The molecule has 2 aliphatic rings. The van der Waals surface area contributed by atoms with E-state index in [0.717, 1.165) is 18.5 Å². The third-order valence-electron chi connectivity index (χ3n) is 4.64. The van der Waals surface area contributed by atoms with Gasteiger partial charge >= 0.3 is 0 Å². The van der Waals surface area contributed by atoms with Crippen molar-refractivity contribution in [3.63, 3.8) is 0 Å². The molecule has 1 atom stereocenters. The zero-order valence-corrected chi connectivity index (χ0v) is 18.4. The van der Waals surface area contributed by atoms with E-state index in [4.69, 9.17) is 4.99 Å². The summed E-state index contributed by atoms with van der Waals surface area (Å²) in [5.41, 5.74) is 4.10. The van der Waals surface area contributed by atoms with Crippen molar-refractivity contribution in [1.82, 2.24) is 0 Å². The maximum atomic E-state index is 4.79. The number of hydrogen-bond donors (Lipinski definition) is 0. The summed E-state index contributed by atoms with van der Waals surface area (Å²) in [6.07, 6.45) is 15.8. The Morgan fingerprint density at radius 1 is 1.04 bits per heavy atom. The van der Waals surface area contributed by atoms with Crippen LogP contribution in [0.3, 0.4) is 0 Å². The van der Waals surface area contributed by atoms with Gasteiger partial charge in [-0.2, -0.15) is 0 Å². The third-order valence-corrected chi connectivity index (χ3v) is 4.64. The Balaban J connectivity index is 0.00000134. The first-order valence-electron chi connectivity index (χ1n) is 10.1. The van der Waals surface area contributed by atoms with Gasteiger partial charge in [-0.1, -0.05) is 105 Å². The minimum atomic E-state index is 0.0238. The summed E-state index contributed by atoms with van der Waals surface area (Å²) in [4.78, 5) is 4.79. The lowest BCUT2D eigenvalue weighted by Crippen LogP contribution is -2.17. The molecule has 0 bridgehead atoms. The fourth-order valence-electron chi connectivity index (χ4n) is 2.73. The maximum Gasteiger partial charge on any atom is 0.0664 e.